The van der Waals surface area contributed by atoms with E-state index >= 15 is 0 Å². The van der Waals surface area contributed by atoms with Crippen LogP contribution < -0.4 is 4.90 Å². The monoisotopic (exact) mass is 478 g/mol. The fourth-order valence-corrected chi connectivity index (χ4v) is 3.91. The number of pyridine rings is 1. The lowest BCUT2D eigenvalue weighted by atomic mass is 9.92. The van der Waals surface area contributed by atoms with Crippen molar-refractivity contribution < 1.29 is 23.5 Å². The number of halogens is 2. The second kappa shape index (κ2) is 8.98. The minimum Gasteiger partial charge on any atom is -0.503 e. The first-order valence-electron chi connectivity index (χ1n) is 11.0. The summed E-state index contributed by atoms with van der Waals surface area (Å²) in [7, 11) is 0. The maximum absolute atomic E-state index is 13.7. The van der Waals surface area contributed by atoms with E-state index in [0.29, 0.717) is 5.69 Å². The molecule has 0 fully saturated rings. The third-order valence-electron chi connectivity index (χ3n) is 5.87. The molecule has 0 radical (unpaired) electrons. The lowest BCUT2D eigenvalue weighted by molar-refractivity contribution is -0.117. The van der Waals surface area contributed by atoms with Crippen molar-refractivity contribution in [2.24, 2.45) is 0 Å². The highest BCUT2D eigenvalue weighted by Crippen LogP contribution is 2.41. The summed E-state index contributed by atoms with van der Waals surface area (Å²) in [5.41, 5.74) is 1.52. The van der Waals surface area contributed by atoms with E-state index in [0.717, 1.165) is 23.5 Å². The van der Waals surface area contributed by atoms with Gasteiger partial charge in [-0.05, 0) is 42.2 Å². The number of alkyl halides is 2. The standard InChI is InChI=1S/C26H24F2N4O3/c1-14(2)16-6-8-17(9-7-16)23(33)21-22(18-10-11-19(29-13-18)26(4,27)28)32(25(35)24(21)34)20-12-5-15(3)30-31-20/h5-14,22,34H,1-4H3. The summed E-state index contributed by atoms with van der Waals surface area (Å²) in [6.45, 7) is 6.49. The first-order valence-corrected chi connectivity index (χ1v) is 11.0. The number of rotatable bonds is 6. The van der Waals surface area contributed by atoms with Crippen LogP contribution in [-0.2, 0) is 10.7 Å². The zero-order valence-electron chi connectivity index (χ0n) is 19.7. The van der Waals surface area contributed by atoms with Crippen LogP contribution in [0.1, 0.15) is 65.6 Å². The minimum absolute atomic E-state index is 0.0972. The molecular formula is C26H24F2N4O3. The third kappa shape index (κ3) is 4.53. The number of carbonyl (C=O) groups excluding carboxylic acids is 2. The minimum atomic E-state index is -3.17. The Morgan fingerprint density at radius 1 is 1.06 bits per heavy atom. The summed E-state index contributed by atoms with van der Waals surface area (Å²) in [6, 6.07) is 11.4. The molecule has 1 unspecified atom stereocenters. The molecule has 2 aromatic heterocycles. The Hall–Kier alpha value is -4.01. The Morgan fingerprint density at radius 3 is 2.26 bits per heavy atom. The Balaban J connectivity index is 1.83. The van der Waals surface area contributed by atoms with Crippen molar-refractivity contribution in [2.45, 2.75) is 45.6 Å². The Morgan fingerprint density at radius 2 is 1.74 bits per heavy atom. The van der Waals surface area contributed by atoms with Gasteiger partial charge in [0.1, 0.15) is 5.69 Å². The van der Waals surface area contributed by atoms with Gasteiger partial charge in [0.25, 0.3) is 11.8 Å². The maximum atomic E-state index is 13.7. The second-order valence-electron chi connectivity index (χ2n) is 8.84. The van der Waals surface area contributed by atoms with Crippen molar-refractivity contribution in [1.82, 2.24) is 15.2 Å². The molecule has 0 bridgehead atoms. The Bertz CT molecular complexity index is 1300. The highest BCUT2D eigenvalue weighted by molar-refractivity contribution is 6.20. The van der Waals surface area contributed by atoms with Crippen molar-refractivity contribution in [3.05, 3.63) is 94.1 Å². The summed E-state index contributed by atoms with van der Waals surface area (Å²) >= 11 is 0. The first kappa shape index (κ1) is 24.1. The number of hydrogen-bond acceptors (Lipinski definition) is 6. The quantitative estimate of drug-likeness (QED) is 0.490. The molecule has 1 atom stereocenters. The van der Waals surface area contributed by atoms with Gasteiger partial charge in [-0.2, -0.15) is 13.9 Å². The van der Waals surface area contributed by atoms with Crippen molar-refractivity contribution in [3.8, 4) is 0 Å². The summed E-state index contributed by atoms with van der Waals surface area (Å²) < 4.78 is 27.5. The molecule has 3 aromatic rings. The number of carbonyl (C=O) groups is 2. The Labute approximate surface area is 201 Å². The van der Waals surface area contributed by atoms with Crippen molar-refractivity contribution in [2.75, 3.05) is 4.90 Å². The molecule has 0 spiro atoms. The summed E-state index contributed by atoms with van der Waals surface area (Å²) in [6.07, 6.45) is 1.17. The van der Waals surface area contributed by atoms with E-state index in [1.807, 2.05) is 26.0 Å². The molecular weight excluding hydrogens is 454 g/mol. The van der Waals surface area contributed by atoms with Gasteiger partial charge in [-0.25, -0.2) is 0 Å². The summed E-state index contributed by atoms with van der Waals surface area (Å²) in [5.74, 6) is -4.96. The molecule has 3 heterocycles. The second-order valence-corrected chi connectivity index (χ2v) is 8.84. The van der Waals surface area contributed by atoms with Gasteiger partial charge in [-0.1, -0.05) is 44.2 Å². The van der Waals surface area contributed by atoms with E-state index in [4.69, 9.17) is 0 Å². The lowest BCUT2D eigenvalue weighted by Gasteiger charge is -2.25. The van der Waals surface area contributed by atoms with E-state index in [-0.39, 0.29) is 28.4 Å². The predicted molar refractivity (Wildman–Crippen MR) is 125 cm³/mol. The fourth-order valence-electron chi connectivity index (χ4n) is 3.91. The van der Waals surface area contributed by atoms with Crippen LogP contribution in [0.2, 0.25) is 0 Å². The molecule has 4 rings (SSSR count). The lowest BCUT2D eigenvalue weighted by Crippen LogP contribution is -2.32. The number of anilines is 1. The zero-order chi connectivity index (χ0) is 25.5. The number of Topliss-reactive ketones (excluding diaryl/α,β-unsaturated/α-hetero) is 1. The number of amides is 1. The SMILES string of the molecule is Cc1ccc(N2C(=O)C(O)=C(C(=O)c3ccc(C(C)C)cc3)C2c2ccc(C(C)(F)F)nc2)nn1. The summed E-state index contributed by atoms with van der Waals surface area (Å²) in [5, 5.41) is 18.8. The van der Waals surface area contributed by atoms with Crippen LogP contribution in [0.15, 0.2) is 66.1 Å². The molecule has 0 saturated heterocycles. The number of aliphatic hydroxyl groups excluding tert-OH is 1. The average Bonchev–Trinajstić information content (AvgIpc) is 3.09. The van der Waals surface area contributed by atoms with Gasteiger partial charge in [0, 0.05) is 18.7 Å². The van der Waals surface area contributed by atoms with Gasteiger partial charge in [-0.15, -0.1) is 5.10 Å². The molecule has 1 aliphatic rings. The van der Waals surface area contributed by atoms with E-state index < -0.39 is 35.1 Å². The normalized spacial score (nSPS) is 16.4. The predicted octanol–water partition coefficient (Wildman–Crippen LogP) is 5.20. The number of aromatic nitrogens is 3. The number of hydrogen-bond donors (Lipinski definition) is 1. The van der Waals surface area contributed by atoms with Crippen molar-refractivity contribution in [3.63, 3.8) is 0 Å². The number of aliphatic hydroxyl groups is 1. The van der Waals surface area contributed by atoms with E-state index in [1.165, 1.54) is 18.3 Å². The van der Waals surface area contributed by atoms with Crippen LogP contribution in [0.4, 0.5) is 14.6 Å². The first-order chi connectivity index (χ1) is 16.5. The largest absolute Gasteiger partial charge is 0.503 e. The van der Waals surface area contributed by atoms with Crippen LogP contribution in [0.25, 0.3) is 0 Å². The molecule has 1 aliphatic heterocycles. The van der Waals surface area contributed by atoms with Gasteiger partial charge in [-0.3, -0.25) is 19.5 Å². The van der Waals surface area contributed by atoms with E-state index in [2.05, 4.69) is 15.2 Å². The zero-order valence-corrected chi connectivity index (χ0v) is 19.7. The number of nitrogens with zero attached hydrogens (tertiary/aromatic N) is 4. The van der Waals surface area contributed by atoms with Gasteiger partial charge < -0.3 is 5.11 Å². The molecule has 1 aromatic carbocycles. The van der Waals surface area contributed by atoms with Gasteiger partial charge in [0.2, 0.25) is 0 Å². The molecule has 35 heavy (non-hydrogen) atoms. The fraction of sp³-hybridized carbons (Fsp3) is 0.269. The molecule has 0 aliphatic carbocycles. The van der Waals surface area contributed by atoms with Crippen LogP contribution in [0, 0.1) is 6.92 Å². The smallest absolute Gasteiger partial charge is 0.295 e. The van der Waals surface area contributed by atoms with Crippen LogP contribution in [0.3, 0.4) is 0 Å². The molecule has 0 saturated carbocycles. The molecule has 9 heteroatoms. The average molecular weight is 478 g/mol. The number of aryl methyl sites for hydroxylation is 1. The highest BCUT2D eigenvalue weighted by Gasteiger charge is 2.45. The van der Waals surface area contributed by atoms with Crippen molar-refractivity contribution in [1.29, 1.82) is 0 Å². The topological polar surface area (TPSA) is 96.3 Å². The molecule has 1 N–H and O–H groups in total. The van der Waals surface area contributed by atoms with Crippen LogP contribution in [-0.4, -0.2) is 32.0 Å². The molecule has 7 nitrogen and oxygen atoms in total. The van der Waals surface area contributed by atoms with Crippen LogP contribution >= 0.6 is 0 Å². The van der Waals surface area contributed by atoms with Gasteiger partial charge in [0.15, 0.2) is 17.4 Å². The summed E-state index contributed by atoms with van der Waals surface area (Å²) in [4.78, 5) is 31.7. The van der Waals surface area contributed by atoms with Gasteiger partial charge in [0.05, 0.1) is 17.3 Å². The molecule has 180 valence electrons. The molecule has 1 amide bonds. The van der Waals surface area contributed by atoms with Crippen molar-refractivity contribution >= 4 is 17.5 Å². The highest BCUT2D eigenvalue weighted by atomic mass is 19.3. The van der Waals surface area contributed by atoms with Gasteiger partial charge >= 0.3 is 0 Å². The van der Waals surface area contributed by atoms with Crippen LogP contribution in [0.5, 0.6) is 0 Å². The maximum Gasteiger partial charge on any atom is 0.295 e. The van der Waals surface area contributed by atoms with E-state index in [9.17, 15) is 23.5 Å². The third-order valence-corrected chi connectivity index (χ3v) is 5.87. The van der Waals surface area contributed by atoms with E-state index in [1.54, 1.807) is 25.1 Å². The Kier molecular flexibility index (Phi) is 6.19. The number of ketones is 1. The number of benzene rings is 1.